The molecule has 2 aliphatic rings. The van der Waals surface area contributed by atoms with Gasteiger partial charge < -0.3 is 15.0 Å². The molecule has 0 unspecified atom stereocenters. The minimum absolute atomic E-state index is 0.221. The van der Waals surface area contributed by atoms with E-state index in [1.807, 2.05) is 20.8 Å². The first-order chi connectivity index (χ1) is 10.3. The van der Waals surface area contributed by atoms with E-state index in [9.17, 15) is 9.59 Å². The van der Waals surface area contributed by atoms with Crippen LogP contribution in [-0.4, -0.2) is 42.1 Å². The number of carbonyl (C=O) groups excluding carboxylic acids is 2. The van der Waals surface area contributed by atoms with E-state index in [4.69, 9.17) is 4.74 Å². The molecule has 0 radical (unpaired) electrons. The molecule has 0 aromatic carbocycles. The first-order valence-electron chi connectivity index (χ1n) is 8.61. The smallest absolute Gasteiger partial charge is 0.410 e. The van der Waals surface area contributed by atoms with Crippen molar-refractivity contribution in [2.24, 2.45) is 11.8 Å². The van der Waals surface area contributed by atoms with E-state index in [2.05, 4.69) is 5.32 Å². The summed E-state index contributed by atoms with van der Waals surface area (Å²) in [5, 5.41) is 3.10. The van der Waals surface area contributed by atoms with Crippen LogP contribution < -0.4 is 5.32 Å². The highest BCUT2D eigenvalue weighted by Gasteiger charge is 2.28. The van der Waals surface area contributed by atoms with Crippen LogP contribution in [0.3, 0.4) is 0 Å². The third-order valence-corrected chi connectivity index (χ3v) is 4.56. The van der Waals surface area contributed by atoms with E-state index in [-0.39, 0.29) is 17.9 Å². The highest BCUT2D eigenvalue weighted by molar-refractivity contribution is 5.78. The van der Waals surface area contributed by atoms with Gasteiger partial charge in [0.1, 0.15) is 5.60 Å². The number of hydrogen-bond donors (Lipinski definition) is 1. The molecule has 1 aliphatic heterocycles. The predicted octanol–water partition coefficient (Wildman–Crippen LogP) is 2.94. The maximum Gasteiger partial charge on any atom is 0.410 e. The highest BCUT2D eigenvalue weighted by Crippen LogP contribution is 2.25. The number of amides is 2. The normalized spacial score (nSPS) is 21.0. The van der Waals surface area contributed by atoms with Gasteiger partial charge in [0.2, 0.25) is 5.91 Å². The zero-order valence-electron chi connectivity index (χ0n) is 14.2. The van der Waals surface area contributed by atoms with Crippen LogP contribution in [0.1, 0.15) is 59.3 Å². The van der Waals surface area contributed by atoms with Gasteiger partial charge in [-0.2, -0.15) is 0 Å². The summed E-state index contributed by atoms with van der Waals surface area (Å²) in [6.07, 6.45) is 6.11. The quantitative estimate of drug-likeness (QED) is 0.872. The molecule has 1 heterocycles. The zero-order chi connectivity index (χ0) is 16.2. The molecule has 2 fully saturated rings. The van der Waals surface area contributed by atoms with Crippen molar-refractivity contribution in [2.75, 3.05) is 19.6 Å². The van der Waals surface area contributed by atoms with E-state index in [1.165, 1.54) is 12.8 Å². The lowest BCUT2D eigenvalue weighted by atomic mass is 9.96. The number of nitrogens with zero attached hydrogens (tertiary/aromatic N) is 1. The number of nitrogens with one attached hydrogen (secondary N) is 1. The third-order valence-electron chi connectivity index (χ3n) is 4.56. The van der Waals surface area contributed by atoms with Crippen molar-refractivity contribution >= 4 is 12.0 Å². The molecule has 1 aliphatic carbocycles. The lowest BCUT2D eigenvalue weighted by Crippen LogP contribution is -2.44. The molecule has 5 heteroatoms. The number of likely N-dealkylation sites (tertiary alicyclic amines) is 1. The van der Waals surface area contributed by atoms with Crippen molar-refractivity contribution in [2.45, 2.75) is 64.9 Å². The van der Waals surface area contributed by atoms with Gasteiger partial charge in [0.05, 0.1) is 0 Å². The molecule has 126 valence electrons. The third kappa shape index (κ3) is 5.18. The molecule has 1 saturated carbocycles. The van der Waals surface area contributed by atoms with Crippen LogP contribution in [0.4, 0.5) is 4.79 Å². The first-order valence-corrected chi connectivity index (χ1v) is 8.61. The highest BCUT2D eigenvalue weighted by atomic mass is 16.6. The van der Waals surface area contributed by atoms with Crippen molar-refractivity contribution in [3.8, 4) is 0 Å². The lowest BCUT2D eigenvalue weighted by Gasteiger charge is -2.33. The fourth-order valence-electron chi connectivity index (χ4n) is 3.22. The lowest BCUT2D eigenvalue weighted by molar-refractivity contribution is -0.125. The van der Waals surface area contributed by atoms with Gasteiger partial charge in [-0.3, -0.25) is 4.79 Å². The van der Waals surface area contributed by atoms with Gasteiger partial charge in [0, 0.05) is 25.6 Å². The minimum atomic E-state index is -0.441. The summed E-state index contributed by atoms with van der Waals surface area (Å²) in [5.74, 6) is 0.943. The Morgan fingerprint density at radius 2 is 1.68 bits per heavy atom. The molecule has 2 rings (SSSR count). The van der Waals surface area contributed by atoms with Gasteiger partial charge in [-0.25, -0.2) is 4.79 Å². The second-order valence-corrected chi connectivity index (χ2v) is 7.64. The second-order valence-electron chi connectivity index (χ2n) is 7.64. The number of ether oxygens (including phenoxy) is 1. The van der Waals surface area contributed by atoms with E-state index < -0.39 is 5.60 Å². The molecule has 0 aromatic rings. The summed E-state index contributed by atoms with van der Waals surface area (Å²) in [4.78, 5) is 25.8. The molecule has 0 spiro atoms. The summed E-state index contributed by atoms with van der Waals surface area (Å²) >= 11 is 0. The predicted molar refractivity (Wildman–Crippen MR) is 85.5 cm³/mol. The number of carbonyl (C=O) groups is 2. The summed E-state index contributed by atoms with van der Waals surface area (Å²) in [5.41, 5.74) is -0.441. The van der Waals surface area contributed by atoms with Crippen LogP contribution in [-0.2, 0) is 9.53 Å². The Morgan fingerprint density at radius 1 is 1.09 bits per heavy atom. The Bertz CT molecular complexity index is 389. The molecule has 5 nitrogen and oxygen atoms in total. The SMILES string of the molecule is CC(C)(C)OC(=O)N1CCC(CNC(=O)C2CCCC2)CC1. The molecule has 1 N–H and O–H groups in total. The molecule has 22 heavy (non-hydrogen) atoms. The monoisotopic (exact) mass is 310 g/mol. The minimum Gasteiger partial charge on any atom is -0.444 e. The largest absolute Gasteiger partial charge is 0.444 e. The summed E-state index contributed by atoms with van der Waals surface area (Å²) in [6.45, 7) is 7.85. The van der Waals surface area contributed by atoms with Crippen molar-refractivity contribution < 1.29 is 14.3 Å². The fourth-order valence-corrected chi connectivity index (χ4v) is 3.22. The van der Waals surface area contributed by atoms with Gasteiger partial charge in [-0.1, -0.05) is 12.8 Å². The van der Waals surface area contributed by atoms with Crippen molar-refractivity contribution in [1.29, 1.82) is 0 Å². The number of hydrogen-bond acceptors (Lipinski definition) is 3. The molecule has 1 saturated heterocycles. The number of rotatable bonds is 3. The van der Waals surface area contributed by atoms with Crippen molar-refractivity contribution in [3.63, 3.8) is 0 Å². The maximum absolute atomic E-state index is 12.0. The van der Waals surface area contributed by atoms with E-state index in [1.54, 1.807) is 4.90 Å². The van der Waals surface area contributed by atoms with Crippen LogP contribution in [0.2, 0.25) is 0 Å². The van der Waals surface area contributed by atoms with Crippen LogP contribution in [0.25, 0.3) is 0 Å². The van der Waals surface area contributed by atoms with Crippen LogP contribution >= 0.6 is 0 Å². The fraction of sp³-hybridized carbons (Fsp3) is 0.882. The zero-order valence-corrected chi connectivity index (χ0v) is 14.2. The van der Waals surface area contributed by atoms with Gasteiger partial charge in [0.25, 0.3) is 0 Å². The molecule has 2 amide bonds. The van der Waals surface area contributed by atoms with E-state index in [0.717, 1.165) is 45.3 Å². The molecule has 0 bridgehead atoms. The van der Waals surface area contributed by atoms with Gasteiger partial charge in [-0.15, -0.1) is 0 Å². The average Bonchev–Trinajstić information content (AvgIpc) is 2.97. The van der Waals surface area contributed by atoms with Crippen LogP contribution in [0.15, 0.2) is 0 Å². The Balaban J connectivity index is 1.66. The van der Waals surface area contributed by atoms with Crippen LogP contribution in [0.5, 0.6) is 0 Å². The standard InChI is InChI=1S/C17H30N2O3/c1-17(2,3)22-16(21)19-10-8-13(9-11-19)12-18-15(20)14-6-4-5-7-14/h13-14H,4-12H2,1-3H3,(H,18,20). The van der Waals surface area contributed by atoms with E-state index in [0.29, 0.717) is 5.92 Å². The van der Waals surface area contributed by atoms with Crippen molar-refractivity contribution in [3.05, 3.63) is 0 Å². The first kappa shape index (κ1) is 17.1. The average molecular weight is 310 g/mol. The van der Waals surface area contributed by atoms with Crippen LogP contribution in [0, 0.1) is 11.8 Å². The Labute approximate surface area is 133 Å². The molecular formula is C17H30N2O3. The maximum atomic E-state index is 12.0. The molecule has 0 atom stereocenters. The van der Waals surface area contributed by atoms with Crippen molar-refractivity contribution in [1.82, 2.24) is 10.2 Å². The molecule has 0 aromatic heterocycles. The topological polar surface area (TPSA) is 58.6 Å². The number of piperidine rings is 1. The Hall–Kier alpha value is -1.26. The molecular weight excluding hydrogens is 280 g/mol. The van der Waals surface area contributed by atoms with Gasteiger partial charge >= 0.3 is 6.09 Å². The second kappa shape index (κ2) is 7.34. The Morgan fingerprint density at radius 3 is 2.23 bits per heavy atom. The van der Waals surface area contributed by atoms with E-state index >= 15 is 0 Å². The summed E-state index contributed by atoms with van der Waals surface area (Å²) < 4.78 is 5.40. The summed E-state index contributed by atoms with van der Waals surface area (Å²) in [6, 6.07) is 0. The van der Waals surface area contributed by atoms with Gasteiger partial charge in [-0.05, 0) is 52.4 Å². The van der Waals surface area contributed by atoms with Gasteiger partial charge in [0.15, 0.2) is 0 Å². The Kier molecular flexibility index (Phi) is 5.70. The summed E-state index contributed by atoms with van der Waals surface area (Å²) in [7, 11) is 0.